The monoisotopic (exact) mass is 507 g/mol. The highest BCUT2D eigenvalue weighted by Crippen LogP contribution is 2.30. The van der Waals surface area contributed by atoms with Gasteiger partial charge in [-0.15, -0.1) is 0 Å². The van der Waals surface area contributed by atoms with Gasteiger partial charge in [-0.25, -0.2) is 9.18 Å². The first-order chi connectivity index (χ1) is 16.4. The van der Waals surface area contributed by atoms with Gasteiger partial charge in [0, 0.05) is 20.2 Å². The number of halogens is 3. The van der Waals surface area contributed by atoms with Crippen LogP contribution in [0.4, 0.5) is 14.9 Å². The third-order valence-corrected chi connectivity index (χ3v) is 5.57. The molecular weight excluding hydrogens is 484 g/mol. The maximum atomic E-state index is 13.3. The molecule has 0 saturated heterocycles. The maximum absolute atomic E-state index is 13.3. The van der Waals surface area contributed by atoms with Crippen LogP contribution >= 0.6 is 23.2 Å². The van der Waals surface area contributed by atoms with Gasteiger partial charge in [0.2, 0.25) is 5.91 Å². The van der Waals surface area contributed by atoms with Gasteiger partial charge in [0.05, 0.1) is 35.1 Å². The van der Waals surface area contributed by atoms with E-state index in [0.717, 1.165) is 5.56 Å². The van der Waals surface area contributed by atoms with Crippen LogP contribution in [-0.4, -0.2) is 48.5 Å². The summed E-state index contributed by atoms with van der Waals surface area (Å²) in [6.45, 7) is 0.517. The molecule has 0 atom stereocenters. The van der Waals surface area contributed by atoms with E-state index in [1.54, 1.807) is 42.5 Å². The number of urea groups is 1. The molecule has 0 bridgehead atoms. The van der Waals surface area contributed by atoms with Crippen molar-refractivity contribution in [3.63, 3.8) is 0 Å². The van der Waals surface area contributed by atoms with Gasteiger partial charge < -0.3 is 24.3 Å². The number of benzene rings is 2. The van der Waals surface area contributed by atoms with Crippen LogP contribution in [0.3, 0.4) is 0 Å². The summed E-state index contributed by atoms with van der Waals surface area (Å²) in [7, 11) is 1.50. The molecule has 1 heterocycles. The Morgan fingerprint density at radius 1 is 1.00 bits per heavy atom. The number of nitrogens with one attached hydrogen (secondary N) is 1. The number of nitrogens with zero attached hydrogens (tertiary/aromatic N) is 2. The molecule has 0 aliphatic heterocycles. The van der Waals surface area contributed by atoms with Gasteiger partial charge in [0.25, 0.3) is 0 Å². The fourth-order valence-corrected chi connectivity index (χ4v) is 3.65. The predicted octanol–water partition coefficient (Wildman–Crippen LogP) is 5.43. The standard InChI is InChI=1S/C24H24Cl2FN3O4/c1-33-13-11-29(24(32)28-23-20(25)5-2-6-21(23)26)16-22(31)30(15-19-4-3-12-34-19)14-17-7-9-18(27)10-8-17/h2-10,12H,11,13-16H2,1H3,(H,28,32). The van der Waals surface area contributed by atoms with Crippen LogP contribution in [0.5, 0.6) is 0 Å². The number of carbonyl (C=O) groups excluding carboxylic acids is 2. The van der Waals surface area contributed by atoms with Crippen LogP contribution < -0.4 is 5.32 Å². The second kappa shape index (κ2) is 12.4. The molecule has 0 fully saturated rings. The summed E-state index contributed by atoms with van der Waals surface area (Å²) in [4.78, 5) is 29.1. The summed E-state index contributed by atoms with van der Waals surface area (Å²) < 4.78 is 23.8. The van der Waals surface area contributed by atoms with Crippen LogP contribution in [-0.2, 0) is 22.6 Å². The minimum absolute atomic E-state index is 0.154. The van der Waals surface area contributed by atoms with E-state index in [2.05, 4.69) is 5.32 Å². The Balaban J connectivity index is 1.77. The Labute approximate surface area is 207 Å². The number of rotatable bonds is 10. The van der Waals surface area contributed by atoms with E-state index in [0.29, 0.717) is 5.76 Å². The summed E-state index contributed by atoms with van der Waals surface area (Å²) >= 11 is 12.3. The number of carbonyl (C=O) groups is 2. The number of ether oxygens (including phenoxy) is 1. The predicted molar refractivity (Wildman–Crippen MR) is 128 cm³/mol. The summed E-state index contributed by atoms with van der Waals surface area (Å²) in [6.07, 6.45) is 1.52. The quantitative estimate of drug-likeness (QED) is 0.396. The topological polar surface area (TPSA) is 75.0 Å². The number of methoxy groups -OCH3 is 1. The number of amides is 3. The number of anilines is 1. The third-order valence-electron chi connectivity index (χ3n) is 4.94. The minimum Gasteiger partial charge on any atom is -0.467 e. The van der Waals surface area contributed by atoms with Crippen molar-refractivity contribution in [3.05, 3.63) is 88.0 Å². The van der Waals surface area contributed by atoms with Crippen LogP contribution in [0.25, 0.3) is 0 Å². The van der Waals surface area contributed by atoms with Crippen LogP contribution in [0.2, 0.25) is 10.0 Å². The second-order valence-electron chi connectivity index (χ2n) is 7.40. The molecule has 0 saturated carbocycles. The smallest absolute Gasteiger partial charge is 0.322 e. The molecule has 0 aliphatic rings. The highest BCUT2D eigenvalue weighted by molar-refractivity contribution is 6.39. The molecule has 0 radical (unpaired) electrons. The maximum Gasteiger partial charge on any atom is 0.322 e. The zero-order valence-corrected chi connectivity index (χ0v) is 20.0. The average molecular weight is 508 g/mol. The summed E-state index contributed by atoms with van der Waals surface area (Å²) in [6, 6.07) is 13.6. The Bertz CT molecular complexity index is 1070. The second-order valence-corrected chi connectivity index (χ2v) is 8.21. The van der Waals surface area contributed by atoms with Gasteiger partial charge in [0.15, 0.2) is 0 Å². The van der Waals surface area contributed by atoms with Crippen molar-refractivity contribution >= 4 is 40.8 Å². The molecule has 1 N–H and O–H groups in total. The van der Waals surface area contributed by atoms with Gasteiger partial charge in [0.1, 0.15) is 18.1 Å². The number of para-hydroxylation sites is 1. The lowest BCUT2D eigenvalue weighted by molar-refractivity contribution is -0.133. The summed E-state index contributed by atoms with van der Waals surface area (Å²) in [5.74, 6) is -0.128. The lowest BCUT2D eigenvalue weighted by Crippen LogP contribution is -2.45. The van der Waals surface area contributed by atoms with Gasteiger partial charge in [-0.2, -0.15) is 0 Å². The molecule has 0 aliphatic carbocycles. The largest absolute Gasteiger partial charge is 0.467 e. The summed E-state index contributed by atoms with van der Waals surface area (Å²) in [5, 5.41) is 3.22. The van der Waals surface area contributed by atoms with Crippen molar-refractivity contribution in [3.8, 4) is 0 Å². The Morgan fingerprint density at radius 2 is 1.71 bits per heavy atom. The van der Waals surface area contributed by atoms with E-state index in [-0.39, 0.29) is 60.2 Å². The molecule has 7 nitrogen and oxygen atoms in total. The normalized spacial score (nSPS) is 10.7. The van der Waals surface area contributed by atoms with Crippen molar-refractivity contribution in [2.45, 2.75) is 13.1 Å². The van der Waals surface area contributed by atoms with Gasteiger partial charge >= 0.3 is 6.03 Å². The molecule has 1 aromatic heterocycles. The molecule has 10 heteroatoms. The zero-order chi connectivity index (χ0) is 24.5. The fourth-order valence-electron chi connectivity index (χ4n) is 3.15. The number of hydrogen-bond acceptors (Lipinski definition) is 4. The van der Waals surface area contributed by atoms with Crippen LogP contribution in [0.1, 0.15) is 11.3 Å². The van der Waals surface area contributed by atoms with Crippen molar-refractivity contribution in [2.75, 3.05) is 32.1 Å². The molecule has 2 aromatic carbocycles. The Hall–Kier alpha value is -3.07. The Kier molecular flexibility index (Phi) is 9.33. The molecule has 0 unspecified atom stereocenters. The van der Waals surface area contributed by atoms with E-state index in [1.165, 1.54) is 35.3 Å². The fraction of sp³-hybridized carbons (Fsp3) is 0.250. The van der Waals surface area contributed by atoms with Crippen molar-refractivity contribution < 1.29 is 23.1 Å². The lowest BCUT2D eigenvalue weighted by Gasteiger charge is -2.27. The van der Waals surface area contributed by atoms with Crippen molar-refractivity contribution in [1.82, 2.24) is 9.80 Å². The number of hydrogen-bond donors (Lipinski definition) is 1. The van der Waals surface area contributed by atoms with Gasteiger partial charge in [-0.05, 0) is 42.0 Å². The van der Waals surface area contributed by atoms with Crippen LogP contribution in [0.15, 0.2) is 65.3 Å². The molecule has 0 spiro atoms. The van der Waals surface area contributed by atoms with Crippen LogP contribution in [0, 0.1) is 5.82 Å². The first-order valence-corrected chi connectivity index (χ1v) is 11.2. The van der Waals surface area contributed by atoms with Gasteiger partial charge in [-0.3, -0.25) is 4.79 Å². The van der Waals surface area contributed by atoms with E-state index in [1.807, 2.05) is 0 Å². The zero-order valence-electron chi connectivity index (χ0n) is 18.5. The molecular formula is C24H24Cl2FN3O4. The molecule has 3 amide bonds. The highest BCUT2D eigenvalue weighted by Gasteiger charge is 2.23. The van der Waals surface area contributed by atoms with Crippen molar-refractivity contribution in [2.24, 2.45) is 0 Å². The first kappa shape index (κ1) is 25.6. The molecule has 3 rings (SSSR count). The molecule has 34 heavy (non-hydrogen) atoms. The lowest BCUT2D eigenvalue weighted by atomic mass is 10.2. The van der Waals surface area contributed by atoms with E-state index in [4.69, 9.17) is 32.4 Å². The average Bonchev–Trinajstić information content (AvgIpc) is 3.33. The first-order valence-electron chi connectivity index (χ1n) is 10.4. The molecule has 3 aromatic rings. The van der Waals surface area contributed by atoms with Crippen molar-refractivity contribution in [1.29, 1.82) is 0 Å². The number of furan rings is 1. The Morgan fingerprint density at radius 3 is 2.32 bits per heavy atom. The highest BCUT2D eigenvalue weighted by atomic mass is 35.5. The van der Waals surface area contributed by atoms with E-state index < -0.39 is 6.03 Å². The SMILES string of the molecule is COCCN(CC(=O)N(Cc1ccc(F)cc1)Cc1ccco1)C(=O)Nc1c(Cl)cccc1Cl. The minimum atomic E-state index is -0.555. The summed E-state index contributed by atoms with van der Waals surface area (Å²) in [5.41, 5.74) is 0.988. The van der Waals surface area contributed by atoms with E-state index in [9.17, 15) is 14.0 Å². The van der Waals surface area contributed by atoms with Gasteiger partial charge in [-0.1, -0.05) is 41.4 Å². The van der Waals surface area contributed by atoms with E-state index >= 15 is 0 Å². The molecule has 180 valence electrons. The third kappa shape index (κ3) is 7.21.